The number of amides is 1. The largest absolute Gasteiger partial charge is 0.460 e. The van der Waals surface area contributed by atoms with Gasteiger partial charge in [-0.1, -0.05) is 5.92 Å². The number of esters is 1. The Morgan fingerprint density at radius 1 is 1.47 bits per heavy atom. The summed E-state index contributed by atoms with van der Waals surface area (Å²) in [6.07, 6.45) is 5.34. The van der Waals surface area contributed by atoms with Crippen LogP contribution in [0.5, 0.6) is 0 Å². The van der Waals surface area contributed by atoms with Gasteiger partial charge in [0.15, 0.2) is 0 Å². The fourth-order valence-electron chi connectivity index (χ4n) is 1.07. The third-order valence-electron chi connectivity index (χ3n) is 1.78. The van der Waals surface area contributed by atoms with Crippen molar-refractivity contribution in [2.75, 3.05) is 6.54 Å². The minimum absolute atomic E-state index is 0.113. The maximum atomic E-state index is 11.4. The lowest BCUT2D eigenvalue weighted by Gasteiger charge is -2.20. The lowest BCUT2D eigenvalue weighted by Crippen LogP contribution is -2.41. The summed E-state index contributed by atoms with van der Waals surface area (Å²) < 4.78 is 5.09. The smallest absolute Gasteiger partial charge is 0.306 e. The predicted molar refractivity (Wildman–Crippen MR) is 64.9 cm³/mol. The van der Waals surface area contributed by atoms with E-state index in [-0.39, 0.29) is 31.3 Å². The molecule has 5 nitrogen and oxygen atoms in total. The molecule has 0 aliphatic rings. The van der Waals surface area contributed by atoms with E-state index in [1.54, 1.807) is 20.8 Å². The van der Waals surface area contributed by atoms with E-state index in [0.29, 0.717) is 0 Å². The zero-order valence-electron chi connectivity index (χ0n) is 10.6. The minimum atomic E-state index is -0.740. The fraction of sp³-hybridized carbons (Fsp3) is 0.667. The molecular formula is C12H20N2O3. The van der Waals surface area contributed by atoms with Gasteiger partial charge in [-0.25, -0.2) is 0 Å². The number of nitrogens with two attached hydrogens (primary N) is 1. The van der Waals surface area contributed by atoms with Crippen LogP contribution in [0.25, 0.3) is 0 Å². The third-order valence-corrected chi connectivity index (χ3v) is 1.78. The Morgan fingerprint density at radius 2 is 2.06 bits per heavy atom. The fourth-order valence-corrected chi connectivity index (χ4v) is 1.07. The van der Waals surface area contributed by atoms with E-state index in [1.165, 1.54) is 0 Å². The molecule has 1 atom stereocenters. The number of carbonyl (C=O) groups is 2. The van der Waals surface area contributed by atoms with Crippen LogP contribution in [-0.2, 0) is 14.3 Å². The van der Waals surface area contributed by atoms with Crippen molar-refractivity contribution in [1.82, 2.24) is 5.32 Å². The Balaban J connectivity index is 3.92. The summed E-state index contributed by atoms with van der Waals surface area (Å²) in [6.45, 7) is 5.48. The Hall–Kier alpha value is -1.54. The van der Waals surface area contributed by atoms with Crippen molar-refractivity contribution in [3.8, 4) is 12.3 Å². The average molecular weight is 240 g/mol. The monoisotopic (exact) mass is 240 g/mol. The van der Waals surface area contributed by atoms with E-state index in [4.69, 9.17) is 16.9 Å². The number of nitrogens with one attached hydrogen (secondary N) is 1. The van der Waals surface area contributed by atoms with Gasteiger partial charge in [0.1, 0.15) is 5.60 Å². The molecule has 96 valence electrons. The lowest BCUT2D eigenvalue weighted by atomic mass is 10.1. The van der Waals surface area contributed by atoms with Crippen molar-refractivity contribution in [1.29, 1.82) is 0 Å². The van der Waals surface area contributed by atoms with Crippen LogP contribution >= 0.6 is 0 Å². The molecule has 0 spiro atoms. The summed E-state index contributed by atoms with van der Waals surface area (Å²) in [5, 5.41) is 2.45. The van der Waals surface area contributed by atoms with Gasteiger partial charge in [0.25, 0.3) is 0 Å². The molecule has 0 aromatic carbocycles. The number of carbonyl (C=O) groups excluding carboxylic acids is 2. The highest BCUT2D eigenvalue weighted by molar-refractivity contribution is 5.82. The van der Waals surface area contributed by atoms with Crippen LogP contribution < -0.4 is 11.1 Å². The van der Waals surface area contributed by atoms with E-state index < -0.39 is 11.6 Å². The molecule has 0 bridgehead atoms. The highest BCUT2D eigenvalue weighted by atomic mass is 16.6. The number of terminal acetylenes is 1. The SMILES string of the molecule is C#CCNC(=O)[C@@H](N)CCC(=O)OC(C)(C)C. The van der Waals surface area contributed by atoms with Gasteiger partial charge in [0, 0.05) is 6.42 Å². The van der Waals surface area contributed by atoms with Crippen molar-refractivity contribution >= 4 is 11.9 Å². The first-order valence-corrected chi connectivity index (χ1v) is 5.45. The van der Waals surface area contributed by atoms with Crippen LogP contribution in [0.1, 0.15) is 33.6 Å². The standard InChI is InChI=1S/C12H20N2O3/c1-5-8-14-11(16)9(13)6-7-10(15)17-12(2,3)4/h1,9H,6-8,13H2,2-4H3,(H,14,16)/t9-/m0/s1. The molecule has 0 aliphatic heterocycles. The van der Waals surface area contributed by atoms with Gasteiger partial charge < -0.3 is 15.8 Å². The van der Waals surface area contributed by atoms with Gasteiger partial charge in [-0.2, -0.15) is 0 Å². The van der Waals surface area contributed by atoms with E-state index in [1.807, 2.05) is 0 Å². The summed E-state index contributed by atoms with van der Waals surface area (Å²) in [4.78, 5) is 22.7. The maximum Gasteiger partial charge on any atom is 0.306 e. The quantitative estimate of drug-likeness (QED) is 0.531. The molecule has 3 N–H and O–H groups in total. The van der Waals surface area contributed by atoms with Gasteiger partial charge in [-0.05, 0) is 27.2 Å². The minimum Gasteiger partial charge on any atom is -0.460 e. The topological polar surface area (TPSA) is 81.4 Å². The van der Waals surface area contributed by atoms with Crippen LogP contribution in [0.4, 0.5) is 0 Å². The Labute approximate surface area is 102 Å². The van der Waals surface area contributed by atoms with Crippen LogP contribution in [0.3, 0.4) is 0 Å². The summed E-state index contributed by atoms with van der Waals surface area (Å²) in [7, 11) is 0. The van der Waals surface area contributed by atoms with Gasteiger partial charge in [0.05, 0.1) is 12.6 Å². The first-order valence-electron chi connectivity index (χ1n) is 5.45. The molecule has 0 heterocycles. The van der Waals surface area contributed by atoms with Crippen molar-refractivity contribution in [3.05, 3.63) is 0 Å². The molecule has 0 rings (SSSR count). The number of hydrogen-bond acceptors (Lipinski definition) is 4. The first-order chi connectivity index (χ1) is 7.76. The number of hydrogen-bond donors (Lipinski definition) is 2. The summed E-state index contributed by atoms with van der Waals surface area (Å²) in [6, 6.07) is -0.740. The molecule has 0 saturated heterocycles. The van der Waals surface area contributed by atoms with E-state index in [2.05, 4.69) is 11.2 Å². The molecule has 0 aromatic heterocycles. The molecule has 5 heteroatoms. The number of rotatable bonds is 5. The van der Waals surface area contributed by atoms with Crippen molar-refractivity contribution in [2.45, 2.75) is 45.3 Å². The molecule has 0 unspecified atom stereocenters. The van der Waals surface area contributed by atoms with Crippen LogP contribution in [0.15, 0.2) is 0 Å². The molecule has 0 aliphatic carbocycles. The molecule has 17 heavy (non-hydrogen) atoms. The second kappa shape index (κ2) is 6.92. The zero-order chi connectivity index (χ0) is 13.5. The molecule has 0 fully saturated rings. The Morgan fingerprint density at radius 3 is 2.53 bits per heavy atom. The summed E-state index contributed by atoms with van der Waals surface area (Å²) in [5.74, 6) is 1.55. The normalized spacial score (nSPS) is 12.4. The highest BCUT2D eigenvalue weighted by Crippen LogP contribution is 2.09. The second-order valence-electron chi connectivity index (χ2n) is 4.65. The Kier molecular flexibility index (Phi) is 6.29. The average Bonchev–Trinajstić information content (AvgIpc) is 2.20. The molecule has 1 amide bonds. The first kappa shape index (κ1) is 15.5. The summed E-state index contributed by atoms with van der Waals surface area (Å²) in [5.41, 5.74) is 5.06. The Bertz CT molecular complexity index is 313. The summed E-state index contributed by atoms with van der Waals surface area (Å²) >= 11 is 0. The van der Waals surface area contributed by atoms with E-state index >= 15 is 0 Å². The van der Waals surface area contributed by atoms with Crippen molar-refractivity contribution in [2.24, 2.45) is 5.73 Å². The molecule has 0 radical (unpaired) electrons. The van der Waals surface area contributed by atoms with E-state index in [0.717, 1.165) is 0 Å². The molecular weight excluding hydrogens is 220 g/mol. The lowest BCUT2D eigenvalue weighted by molar-refractivity contribution is -0.155. The van der Waals surface area contributed by atoms with Crippen LogP contribution in [0, 0.1) is 12.3 Å². The van der Waals surface area contributed by atoms with Gasteiger partial charge in [-0.15, -0.1) is 6.42 Å². The second-order valence-corrected chi connectivity index (χ2v) is 4.65. The van der Waals surface area contributed by atoms with Crippen LogP contribution in [0.2, 0.25) is 0 Å². The van der Waals surface area contributed by atoms with Crippen LogP contribution in [-0.4, -0.2) is 30.1 Å². The third kappa shape index (κ3) is 8.29. The predicted octanol–water partition coefficient (Wildman–Crippen LogP) is 0.185. The molecule has 0 aromatic rings. The number of ether oxygens (including phenoxy) is 1. The molecule has 0 saturated carbocycles. The van der Waals surface area contributed by atoms with Crippen molar-refractivity contribution in [3.63, 3.8) is 0 Å². The zero-order valence-corrected chi connectivity index (χ0v) is 10.6. The van der Waals surface area contributed by atoms with Gasteiger partial charge >= 0.3 is 5.97 Å². The van der Waals surface area contributed by atoms with E-state index in [9.17, 15) is 9.59 Å². The van der Waals surface area contributed by atoms with Crippen molar-refractivity contribution < 1.29 is 14.3 Å². The maximum absolute atomic E-state index is 11.4. The van der Waals surface area contributed by atoms with Gasteiger partial charge in [-0.3, -0.25) is 9.59 Å². The highest BCUT2D eigenvalue weighted by Gasteiger charge is 2.19. The van der Waals surface area contributed by atoms with Gasteiger partial charge in [0.2, 0.25) is 5.91 Å².